The number of aromatic nitrogens is 1. The van der Waals surface area contributed by atoms with Crippen LogP contribution in [0.3, 0.4) is 0 Å². The van der Waals surface area contributed by atoms with Gasteiger partial charge in [0.1, 0.15) is 11.6 Å². The van der Waals surface area contributed by atoms with E-state index in [4.69, 9.17) is 14.5 Å². The minimum Gasteiger partial charge on any atom is -0.497 e. The number of anilines is 1. The molecule has 0 unspecified atom stereocenters. The normalized spacial score (nSPS) is 18.5. The molecule has 1 saturated carbocycles. The molecule has 1 amide bonds. The predicted molar refractivity (Wildman–Crippen MR) is 116 cm³/mol. The van der Waals surface area contributed by atoms with Crippen molar-refractivity contribution in [1.82, 2.24) is 4.98 Å². The first-order valence-corrected chi connectivity index (χ1v) is 10.6. The van der Waals surface area contributed by atoms with Crippen molar-refractivity contribution in [3.63, 3.8) is 0 Å². The zero-order valence-electron chi connectivity index (χ0n) is 17.4. The summed E-state index contributed by atoms with van der Waals surface area (Å²) in [4.78, 5) is 28.5. The molecule has 5 rings (SSSR count). The largest absolute Gasteiger partial charge is 0.497 e. The molecule has 1 aromatic heterocycles. The van der Waals surface area contributed by atoms with Gasteiger partial charge in [-0.1, -0.05) is 24.3 Å². The average molecular weight is 416 g/mol. The molecule has 0 radical (unpaired) electrons. The number of aryl methyl sites for hydroxylation is 1. The monoisotopic (exact) mass is 416 g/mol. The number of hydrogen-bond donors (Lipinski definition) is 1. The van der Waals surface area contributed by atoms with E-state index in [1.807, 2.05) is 37.3 Å². The van der Waals surface area contributed by atoms with Crippen LogP contribution in [-0.2, 0) is 19.7 Å². The number of ether oxygens (including phenoxy) is 2. The van der Waals surface area contributed by atoms with Crippen LogP contribution in [0.4, 0.5) is 5.82 Å². The summed E-state index contributed by atoms with van der Waals surface area (Å²) < 4.78 is 10.6. The Hall–Kier alpha value is -3.41. The molecule has 1 N–H and O–H groups in total. The molecule has 1 aliphatic heterocycles. The van der Waals surface area contributed by atoms with Gasteiger partial charge in [-0.3, -0.25) is 9.59 Å². The Kier molecular flexibility index (Phi) is 4.85. The van der Waals surface area contributed by atoms with Crippen LogP contribution in [0.15, 0.2) is 53.8 Å². The molecule has 0 spiro atoms. The van der Waals surface area contributed by atoms with Gasteiger partial charge in [0.15, 0.2) is 0 Å². The van der Waals surface area contributed by atoms with Crippen molar-refractivity contribution in [1.29, 1.82) is 0 Å². The van der Waals surface area contributed by atoms with Gasteiger partial charge in [0.05, 0.1) is 23.5 Å². The molecule has 2 heterocycles. The summed E-state index contributed by atoms with van der Waals surface area (Å²) >= 11 is 0. The van der Waals surface area contributed by atoms with Crippen molar-refractivity contribution in [3.8, 4) is 5.75 Å². The maximum atomic E-state index is 13.2. The lowest BCUT2D eigenvalue weighted by Crippen LogP contribution is -2.28. The van der Waals surface area contributed by atoms with Crippen molar-refractivity contribution >= 4 is 23.8 Å². The topological polar surface area (TPSA) is 77.5 Å². The second-order valence-electron chi connectivity index (χ2n) is 8.36. The molecular formula is C25H24N2O4. The molecule has 0 bridgehead atoms. The van der Waals surface area contributed by atoms with E-state index >= 15 is 0 Å². The van der Waals surface area contributed by atoms with Crippen LogP contribution in [0, 0.1) is 6.92 Å². The number of hydrogen-bond acceptors (Lipinski definition) is 5. The molecule has 1 fully saturated rings. The van der Waals surface area contributed by atoms with Gasteiger partial charge in [-0.25, -0.2) is 4.98 Å². The fourth-order valence-electron chi connectivity index (χ4n) is 4.46. The van der Waals surface area contributed by atoms with Crippen molar-refractivity contribution in [2.45, 2.75) is 44.4 Å². The predicted octanol–water partition coefficient (Wildman–Crippen LogP) is 4.45. The highest BCUT2D eigenvalue weighted by atomic mass is 16.5. The fraction of sp³-hybridized carbons (Fsp3) is 0.320. The maximum Gasteiger partial charge on any atom is 0.298 e. The van der Waals surface area contributed by atoms with Crippen LogP contribution >= 0.6 is 0 Å². The first-order chi connectivity index (χ1) is 15.1. The third-order valence-corrected chi connectivity index (χ3v) is 6.38. The standard InChI is InChI=1S/C25H24N2O4/c1-16-13-19(6-8-21(16)31-15-28)25(10-11-25)24(29)27-23-4-2-3-20(26-23)17-5-7-22-18(14-17)9-12-30-22/h2-4,6,8,13-15H,5,7,9-12H2,1H3,(H,26,27,29). The van der Waals surface area contributed by atoms with Crippen LogP contribution < -0.4 is 10.1 Å². The van der Waals surface area contributed by atoms with Crippen LogP contribution in [-0.4, -0.2) is 24.0 Å². The summed E-state index contributed by atoms with van der Waals surface area (Å²) in [7, 11) is 0. The SMILES string of the molecule is Cc1cc(C2(C(=O)Nc3cccc(C4=CC5=C(CC4)OCC5)n3)CC2)ccc1OC=O. The van der Waals surface area contributed by atoms with E-state index in [2.05, 4.69) is 11.4 Å². The summed E-state index contributed by atoms with van der Waals surface area (Å²) in [5, 5.41) is 3.03. The Bertz CT molecular complexity index is 1130. The molecule has 0 saturated heterocycles. The van der Waals surface area contributed by atoms with Crippen LogP contribution in [0.5, 0.6) is 5.75 Å². The Morgan fingerprint density at radius 1 is 1.19 bits per heavy atom. The minimum atomic E-state index is -0.548. The van der Waals surface area contributed by atoms with Gasteiger partial charge in [-0.15, -0.1) is 0 Å². The van der Waals surface area contributed by atoms with E-state index in [-0.39, 0.29) is 5.91 Å². The highest BCUT2D eigenvalue weighted by Crippen LogP contribution is 2.49. The highest BCUT2D eigenvalue weighted by Gasteiger charge is 2.51. The second kappa shape index (κ2) is 7.69. The number of carbonyl (C=O) groups is 2. The summed E-state index contributed by atoms with van der Waals surface area (Å²) in [6.07, 6.45) is 6.51. The molecule has 0 atom stereocenters. The highest BCUT2D eigenvalue weighted by molar-refractivity contribution is 6.01. The molecule has 2 aromatic rings. The van der Waals surface area contributed by atoms with E-state index in [0.29, 0.717) is 18.0 Å². The molecule has 1 aromatic carbocycles. The lowest BCUT2D eigenvalue weighted by Gasteiger charge is -2.18. The second-order valence-corrected chi connectivity index (χ2v) is 8.36. The minimum absolute atomic E-state index is 0.0487. The first kappa shape index (κ1) is 19.5. The van der Waals surface area contributed by atoms with Gasteiger partial charge in [-0.05, 0) is 66.7 Å². The average Bonchev–Trinajstić information content (AvgIpc) is 3.46. The van der Waals surface area contributed by atoms with E-state index in [1.54, 1.807) is 6.07 Å². The number of benzene rings is 1. The van der Waals surface area contributed by atoms with E-state index in [1.165, 1.54) is 11.1 Å². The van der Waals surface area contributed by atoms with Gasteiger partial charge in [0.25, 0.3) is 6.47 Å². The number of nitrogens with one attached hydrogen (secondary N) is 1. The van der Waals surface area contributed by atoms with Crippen LogP contribution in [0.25, 0.3) is 5.57 Å². The Balaban J connectivity index is 1.35. The lowest BCUT2D eigenvalue weighted by molar-refractivity contribution is -0.121. The molecule has 2 aliphatic carbocycles. The molecule has 6 nitrogen and oxygen atoms in total. The van der Waals surface area contributed by atoms with Crippen molar-refractivity contribution in [2.75, 3.05) is 11.9 Å². The number of pyridine rings is 1. The lowest BCUT2D eigenvalue weighted by atomic mass is 9.93. The molecular weight excluding hydrogens is 392 g/mol. The first-order valence-electron chi connectivity index (χ1n) is 10.6. The third-order valence-electron chi connectivity index (χ3n) is 6.38. The zero-order chi connectivity index (χ0) is 21.4. The number of carbonyl (C=O) groups excluding carboxylic acids is 2. The number of amides is 1. The van der Waals surface area contributed by atoms with Gasteiger partial charge < -0.3 is 14.8 Å². The Morgan fingerprint density at radius 2 is 2.06 bits per heavy atom. The van der Waals surface area contributed by atoms with Gasteiger partial charge >= 0.3 is 0 Å². The Morgan fingerprint density at radius 3 is 2.84 bits per heavy atom. The van der Waals surface area contributed by atoms with E-state index < -0.39 is 5.41 Å². The fourth-order valence-corrected chi connectivity index (χ4v) is 4.46. The van der Waals surface area contributed by atoms with Gasteiger partial charge in [-0.2, -0.15) is 0 Å². The van der Waals surface area contributed by atoms with E-state index in [9.17, 15) is 9.59 Å². The summed E-state index contributed by atoms with van der Waals surface area (Å²) in [6.45, 7) is 3.05. The van der Waals surface area contributed by atoms with Crippen molar-refractivity contribution < 1.29 is 19.1 Å². The van der Waals surface area contributed by atoms with Gasteiger partial charge in [0.2, 0.25) is 5.91 Å². The van der Waals surface area contributed by atoms with Crippen molar-refractivity contribution in [3.05, 3.63) is 70.6 Å². The maximum absolute atomic E-state index is 13.2. The summed E-state index contributed by atoms with van der Waals surface area (Å²) in [5.74, 6) is 2.14. The van der Waals surface area contributed by atoms with Gasteiger partial charge in [0, 0.05) is 12.8 Å². The van der Waals surface area contributed by atoms with Crippen molar-refractivity contribution in [2.24, 2.45) is 0 Å². The zero-order valence-corrected chi connectivity index (χ0v) is 17.4. The molecule has 6 heteroatoms. The molecule has 158 valence electrons. The number of allylic oxidation sites excluding steroid dienone is 3. The molecule has 31 heavy (non-hydrogen) atoms. The third kappa shape index (κ3) is 3.63. The molecule has 3 aliphatic rings. The number of nitrogens with zero attached hydrogens (tertiary/aromatic N) is 1. The van der Waals surface area contributed by atoms with Crippen LogP contribution in [0.1, 0.15) is 48.9 Å². The summed E-state index contributed by atoms with van der Waals surface area (Å²) in [6, 6.07) is 11.3. The summed E-state index contributed by atoms with van der Waals surface area (Å²) in [5.41, 5.74) is 4.57. The Labute approximate surface area is 181 Å². The number of rotatable bonds is 6. The van der Waals surface area contributed by atoms with E-state index in [0.717, 1.165) is 61.3 Å². The van der Waals surface area contributed by atoms with Crippen LogP contribution in [0.2, 0.25) is 0 Å². The smallest absolute Gasteiger partial charge is 0.298 e. The quantitative estimate of drug-likeness (QED) is 0.704.